The molecule has 0 amide bonds. The van der Waals surface area contributed by atoms with Crippen molar-refractivity contribution < 1.29 is 4.39 Å². The fraction of sp³-hybridized carbons (Fsp3) is 0.375. The van der Waals surface area contributed by atoms with E-state index in [1.807, 2.05) is 13.0 Å². The number of rotatable bonds is 7. The second kappa shape index (κ2) is 7.57. The fourth-order valence-corrected chi connectivity index (χ4v) is 2.19. The Morgan fingerprint density at radius 1 is 1.05 bits per heavy atom. The number of nitrogens with one attached hydrogen (secondary N) is 2. The zero-order valence-corrected chi connectivity index (χ0v) is 12.5. The Morgan fingerprint density at radius 2 is 1.76 bits per heavy atom. The minimum absolute atomic E-state index is 0.206. The zero-order valence-electron chi connectivity index (χ0n) is 12.5. The molecule has 21 heavy (non-hydrogen) atoms. The zero-order chi connectivity index (χ0) is 15.1. The Morgan fingerprint density at radius 3 is 2.43 bits per heavy atom. The van der Waals surface area contributed by atoms with Crippen LogP contribution in [0, 0.1) is 5.82 Å². The molecule has 0 spiro atoms. The SMILES string of the molecule is CCCc1c(NCC)ncnc1NCc1ccccc1F. The number of halogens is 1. The molecule has 2 aromatic rings. The molecule has 4 nitrogen and oxygen atoms in total. The summed E-state index contributed by atoms with van der Waals surface area (Å²) in [7, 11) is 0. The van der Waals surface area contributed by atoms with Crippen molar-refractivity contribution in [2.75, 3.05) is 17.2 Å². The van der Waals surface area contributed by atoms with Crippen LogP contribution in [0.15, 0.2) is 30.6 Å². The molecule has 0 radical (unpaired) electrons. The molecule has 0 fully saturated rings. The summed E-state index contributed by atoms with van der Waals surface area (Å²) in [5.41, 5.74) is 1.68. The van der Waals surface area contributed by atoms with Gasteiger partial charge in [0.1, 0.15) is 23.8 Å². The number of benzene rings is 1. The molecule has 2 rings (SSSR count). The van der Waals surface area contributed by atoms with Crippen molar-refractivity contribution in [2.24, 2.45) is 0 Å². The Labute approximate surface area is 124 Å². The van der Waals surface area contributed by atoms with E-state index in [0.29, 0.717) is 12.1 Å². The first-order chi connectivity index (χ1) is 10.3. The highest BCUT2D eigenvalue weighted by atomic mass is 19.1. The van der Waals surface area contributed by atoms with Gasteiger partial charge in [-0.25, -0.2) is 14.4 Å². The Balaban J connectivity index is 2.19. The quantitative estimate of drug-likeness (QED) is 0.817. The van der Waals surface area contributed by atoms with Gasteiger partial charge in [0.25, 0.3) is 0 Å². The van der Waals surface area contributed by atoms with Crippen molar-refractivity contribution in [3.8, 4) is 0 Å². The van der Waals surface area contributed by atoms with Gasteiger partial charge in [-0.2, -0.15) is 0 Å². The van der Waals surface area contributed by atoms with Crippen molar-refractivity contribution in [3.05, 3.63) is 47.5 Å². The number of hydrogen-bond acceptors (Lipinski definition) is 4. The van der Waals surface area contributed by atoms with Crippen LogP contribution in [0.2, 0.25) is 0 Å². The molecule has 2 N–H and O–H groups in total. The van der Waals surface area contributed by atoms with Crippen LogP contribution < -0.4 is 10.6 Å². The summed E-state index contributed by atoms with van der Waals surface area (Å²) < 4.78 is 13.7. The minimum Gasteiger partial charge on any atom is -0.370 e. The first-order valence-electron chi connectivity index (χ1n) is 7.31. The standard InChI is InChI=1S/C16H21FN4/c1-3-7-13-15(18-4-2)20-11-21-16(13)19-10-12-8-5-6-9-14(12)17/h5-6,8-9,11H,3-4,7,10H2,1-2H3,(H2,18,19,20,21). The van der Waals surface area contributed by atoms with Crippen LogP contribution in [0.1, 0.15) is 31.4 Å². The largest absolute Gasteiger partial charge is 0.370 e. The van der Waals surface area contributed by atoms with Crippen molar-refractivity contribution in [3.63, 3.8) is 0 Å². The molecule has 1 aromatic heterocycles. The van der Waals surface area contributed by atoms with Gasteiger partial charge in [-0.1, -0.05) is 31.5 Å². The fourth-order valence-electron chi connectivity index (χ4n) is 2.19. The highest BCUT2D eigenvalue weighted by molar-refractivity contribution is 5.57. The van der Waals surface area contributed by atoms with Gasteiger partial charge in [0, 0.05) is 24.2 Å². The molecule has 0 aliphatic rings. The Kier molecular flexibility index (Phi) is 5.49. The van der Waals surface area contributed by atoms with E-state index >= 15 is 0 Å². The van der Waals surface area contributed by atoms with Crippen LogP contribution in [0.3, 0.4) is 0 Å². The number of aromatic nitrogens is 2. The van der Waals surface area contributed by atoms with Crippen molar-refractivity contribution in [1.82, 2.24) is 9.97 Å². The number of anilines is 2. The molecule has 0 bridgehead atoms. The third kappa shape index (κ3) is 3.90. The molecular formula is C16H21FN4. The summed E-state index contributed by atoms with van der Waals surface area (Å²) in [6.45, 7) is 5.36. The van der Waals surface area contributed by atoms with Gasteiger partial charge in [0.2, 0.25) is 0 Å². The lowest BCUT2D eigenvalue weighted by atomic mass is 10.1. The third-order valence-corrected chi connectivity index (χ3v) is 3.19. The monoisotopic (exact) mass is 288 g/mol. The molecule has 5 heteroatoms. The predicted octanol–water partition coefficient (Wildman–Crippen LogP) is 3.61. The van der Waals surface area contributed by atoms with Gasteiger partial charge in [0.05, 0.1) is 0 Å². The van der Waals surface area contributed by atoms with E-state index in [1.54, 1.807) is 12.1 Å². The van der Waals surface area contributed by atoms with Crippen LogP contribution in [-0.2, 0) is 13.0 Å². The van der Waals surface area contributed by atoms with Gasteiger partial charge < -0.3 is 10.6 Å². The average Bonchev–Trinajstić information content (AvgIpc) is 2.49. The number of nitrogens with zero attached hydrogens (tertiary/aromatic N) is 2. The van der Waals surface area contributed by atoms with Crippen LogP contribution in [0.5, 0.6) is 0 Å². The van der Waals surface area contributed by atoms with Gasteiger partial charge in [-0.3, -0.25) is 0 Å². The Hall–Kier alpha value is -2.17. The molecule has 112 valence electrons. The van der Waals surface area contributed by atoms with Gasteiger partial charge in [-0.05, 0) is 19.4 Å². The topological polar surface area (TPSA) is 49.8 Å². The molecule has 0 saturated heterocycles. The lowest BCUT2D eigenvalue weighted by Crippen LogP contribution is -2.10. The summed E-state index contributed by atoms with van der Waals surface area (Å²) in [5.74, 6) is 1.42. The molecule has 0 aliphatic heterocycles. The summed E-state index contributed by atoms with van der Waals surface area (Å²) in [4.78, 5) is 8.58. The molecule has 0 aliphatic carbocycles. The summed E-state index contributed by atoms with van der Waals surface area (Å²) in [5, 5.41) is 6.47. The van der Waals surface area contributed by atoms with Crippen molar-refractivity contribution in [2.45, 2.75) is 33.2 Å². The van der Waals surface area contributed by atoms with Crippen LogP contribution in [0.4, 0.5) is 16.0 Å². The third-order valence-electron chi connectivity index (χ3n) is 3.19. The van der Waals surface area contributed by atoms with Crippen molar-refractivity contribution in [1.29, 1.82) is 0 Å². The first-order valence-corrected chi connectivity index (χ1v) is 7.31. The molecule has 1 aromatic carbocycles. The van der Waals surface area contributed by atoms with E-state index in [2.05, 4.69) is 27.5 Å². The predicted molar refractivity (Wildman–Crippen MR) is 83.9 cm³/mol. The van der Waals surface area contributed by atoms with Crippen molar-refractivity contribution >= 4 is 11.6 Å². The highest BCUT2D eigenvalue weighted by Gasteiger charge is 2.10. The van der Waals surface area contributed by atoms with Crippen LogP contribution >= 0.6 is 0 Å². The normalized spacial score (nSPS) is 10.4. The second-order valence-corrected chi connectivity index (χ2v) is 4.77. The second-order valence-electron chi connectivity index (χ2n) is 4.77. The maximum Gasteiger partial charge on any atom is 0.134 e. The maximum absolute atomic E-state index is 13.7. The minimum atomic E-state index is -0.206. The average molecular weight is 288 g/mol. The Bertz CT molecular complexity index is 586. The summed E-state index contributed by atoms with van der Waals surface area (Å²) in [6.07, 6.45) is 3.41. The molecular weight excluding hydrogens is 267 g/mol. The smallest absolute Gasteiger partial charge is 0.134 e. The van der Waals surface area contributed by atoms with Crippen LogP contribution in [0.25, 0.3) is 0 Å². The highest BCUT2D eigenvalue weighted by Crippen LogP contribution is 2.22. The van der Waals surface area contributed by atoms with E-state index < -0.39 is 0 Å². The molecule has 0 saturated carbocycles. The van der Waals surface area contributed by atoms with E-state index in [9.17, 15) is 4.39 Å². The summed E-state index contributed by atoms with van der Waals surface area (Å²) >= 11 is 0. The van der Waals surface area contributed by atoms with E-state index in [-0.39, 0.29) is 5.82 Å². The van der Waals surface area contributed by atoms with Gasteiger partial charge >= 0.3 is 0 Å². The lowest BCUT2D eigenvalue weighted by molar-refractivity contribution is 0.613. The van der Waals surface area contributed by atoms with E-state index in [1.165, 1.54) is 12.4 Å². The first kappa shape index (κ1) is 15.2. The molecule has 0 unspecified atom stereocenters. The molecule has 1 heterocycles. The van der Waals surface area contributed by atoms with Gasteiger partial charge in [-0.15, -0.1) is 0 Å². The number of hydrogen-bond donors (Lipinski definition) is 2. The van der Waals surface area contributed by atoms with Crippen LogP contribution in [-0.4, -0.2) is 16.5 Å². The maximum atomic E-state index is 13.7. The van der Waals surface area contributed by atoms with Gasteiger partial charge in [0.15, 0.2) is 0 Å². The molecule has 0 atom stereocenters. The van der Waals surface area contributed by atoms with E-state index in [4.69, 9.17) is 0 Å². The lowest BCUT2D eigenvalue weighted by Gasteiger charge is -2.14. The van der Waals surface area contributed by atoms with E-state index in [0.717, 1.165) is 36.6 Å². The summed E-state index contributed by atoms with van der Waals surface area (Å²) in [6, 6.07) is 6.76.